The zero-order valence-electron chi connectivity index (χ0n) is 14.6. The third-order valence-corrected chi connectivity index (χ3v) is 5.12. The molecule has 4 rings (SSSR count). The van der Waals surface area contributed by atoms with Crippen LogP contribution in [0.5, 0.6) is 0 Å². The molecule has 0 bridgehead atoms. The Bertz CT molecular complexity index is 797. The van der Waals surface area contributed by atoms with Crippen molar-refractivity contribution in [2.75, 3.05) is 18.4 Å². The largest absolute Gasteiger partial charge is 0.358 e. The van der Waals surface area contributed by atoms with Gasteiger partial charge in [0, 0.05) is 35.8 Å². The monoisotopic (exact) mass is 320 g/mol. The lowest BCUT2D eigenvalue weighted by atomic mass is 9.87. The Labute approximate surface area is 143 Å². The van der Waals surface area contributed by atoms with E-state index in [-0.39, 0.29) is 5.66 Å². The minimum Gasteiger partial charge on any atom is -0.358 e. The molecular weight excluding hydrogens is 296 g/mol. The fourth-order valence-corrected chi connectivity index (χ4v) is 4.25. The molecule has 2 aliphatic rings. The smallest absolute Gasteiger partial charge is 0.138 e. The number of nitrogens with one attached hydrogen (secondary N) is 1. The highest BCUT2D eigenvalue weighted by atomic mass is 15.4. The van der Waals surface area contributed by atoms with Crippen LogP contribution in [0.3, 0.4) is 0 Å². The van der Waals surface area contributed by atoms with E-state index in [1.807, 2.05) is 12.4 Å². The number of aryl methyl sites for hydroxylation is 2. The van der Waals surface area contributed by atoms with E-state index < -0.39 is 0 Å². The molecule has 1 unspecified atom stereocenters. The number of fused-ring (bicyclic) bond motifs is 3. The third kappa shape index (κ3) is 2.13. The molecule has 0 aliphatic carbocycles. The van der Waals surface area contributed by atoms with Crippen molar-refractivity contribution in [2.24, 2.45) is 4.99 Å². The van der Waals surface area contributed by atoms with E-state index in [0.717, 1.165) is 31.8 Å². The minimum atomic E-state index is -0.236. The van der Waals surface area contributed by atoms with E-state index >= 15 is 0 Å². The Morgan fingerprint density at radius 1 is 1.21 bits per heavy atom. The van der Waals surface area contributed by atoms with Gasteiger partial charge in [0.1, 0.15) is 11.5 Å². The van der Waals surface area contributed by atoms with Crippen molar-refractivity contribution >= 4 is 11.5 Å². The quantitative estimate of drug-likeness (QED) is 0.934. The van der Waals surface area contributed by atoms with Crippen molar-refractivity contribution in [2.45, 2.75) is 39.3 Å². The van der Waals surface area contributed by atoms with E-state index in [2.05, 4.69) is 60.2 Å². The summed E-state index contributed by atoms with van der Waals surface area (Å²) in [5.74, 6) is 1.14. The molecule has 1 aromatic carbocycles. The SMILES string of the molecule is CCCC1(c2ccncc2)Nc2cc(C)cc(C)c2C2=NCCN21. The Morgan fingerprint density at radius 2 is 2.00 bits per heavy atom. The van der Waals surface area contributed by atoms with Crippen molar-refractivity contribution in [1.82, 2.24) is 9.88 Å². The van der Waals surface area contributed by atoms with Gasteiger partial charge in [-0.3, -0.25) is 9.98 Å². The number of aliphatic imine (C=N–C) groups is 1. The predicted octanol–water partition coefficient (Wildman–Crippen LogP) is 3.84. The van der Waals surface area contributed by atoms with Crippen LogP contribution in [0.1, 0.15) is 42.0 Å². The molecule has 0 fully saturated rings. The van der Waals surface area contributed by atoms with Gasteiger partial charge >= 0.3 is 0 Å². The lowest BCUT2D eigenvalue weighted by Crippen LogP contribution is -2.56. The third-order valence-electron chi connectivity index (χ3n) is 5.12. The van der Waals surface area contributed by atoms with Crippen molar-refractivity contribution in [3.63, 3.8) is 0 Å². The van der Waals surface area contributed by atoms with Gasteiger partial charge in [-0.05, 0) is 49.6 Å². The Hall–Kier alpha value is -2.36. The molecule has 2 aliphatic heterocycles. The first kappa shape index (κ1) is 15.2. The van der Waals surface area contributed by atoms with E-state index in [4.69, 9.17) is 4.99 Å². The summed E-state index contributed by atoms with van der Waals surface area (Å²) in [5.41, 5.74) is 6.07. The second-order valence-corrected chi connectivity index (χ2v) is 6.83. The summed E-state index contributed by atoms with van der Waals surface area (Å²) in [6, 6.07) is 8.77. The van der Waals surface area contributed by atoms with Crippen molar-refractivity contribution in [1.29, 1.82) is 0 Å². The van der Waals surface area contributed by atoms with Gasteiger partial charge in [0.2, 0.25) is 0 Å². The van der Waals surface area contributed by atoms with Crippen LogP contribution in [0.25, 0.3) is 0 Å². The van der Waals surface area contributed by atoms with Crippen molar-refractivity contribution in [3.05, 3.63) is 58.9 Å². The molecule has 3 heterocycles. The van der Waals surface area contributed by atoms with Gasteiger partial charge in [0.05, 0.1) is 6.54 Å². The van der Waals surface area contributed by atoms with Gasteiger partial charge < -0.3 is 10.2 Å². The molecule has 4 heteroatoms. The Morgan fingerprint density at radius 3 is 2.75 bits per heavy atom. The summed E-state index contributed by atoms with van der Waals surface area (Å²) in [4.78, 5) is 11.6. The standard InChI is InChI=1S/C20H24N4/c1-4-7-20(16-5-8-21-9-6-16)23-17-13-14(2)12-15(3)18(17)19-22-10-11-24(19)20/h5-6,8-9,12-13,23H,4,7,10-11H2,1-3H3. The maximum atomic E-state index is 4.88. The zero-order chi connectivity index (χ0) is 16.7. The van der Waals surface area contributed by atoms with Crippen molar-refractivity contribution < 1.29 is 0 Å². The normalized spacial score (nSPS) is 21.8. The molecular formula is C20H24N4. The first-order valence-corrected chi connectivity index (χ1v) is 8.78. The first-order valence-electron chi connectivity index (χ1n) is 8.78. The molecule has 1 atom stereocenters. The van der Waals surface area contributed by atoms with Crippen LogP contribution >= 0.6 is 0 Å². The summed E-state index contributed by atoms with van der Waals surface area (Å²) in [7, 11) is 0. The second-order valence-electron chi connectivity index (χ2n) is 6.83. The minimum absolute atomic E-state index is 0.236. The molecule has 1 N–H and O–H groups in total. The number of anilines is 1. The molecule has 0 saturated carbocycles. The van der Waals surface area contributed by atoms with Crippen LogP contribution in [0, 0.1) is 13.8 Å². The summed E-state index contributed by atoms with van der Waals surface area (Å²) in [6.07, 6.45) is 5.90. The highest BCUT2D eigenvalue weighted by molar-refractivity contribution is 6.08. The van der Waals surface area contributed by atoms with E-state index in [9.17, 15) is 0 Å². The number of nitrogens with zero attached hydrogens (tertiary/aromatic N) is 3. The van der Waals surface area contributed by atoms with E-state index in [1.165, 1.54) is 27.9 Å². The molecule has 0 saturated heterocycles. The number of pyridine rings is 1. The van der Waals surface area contributed by atoms with E-state index in [0.29, 0.717) is 0 Å². The van der Waals surface area contributed by atoms with Gasteiger partial charge in [-0.15, -0.1) is 0 Å². The fraction of sp³-hybridized carbons (Fsp3) is 0.400. The highest BCUT2D eigenvalue weighted by Crippen LogP contribution is 2.43. The molecule has 1 aromatic heterocycles. The average Bonchev–Trinajstić information content (AvgIpc) is 3.05. The molecule has 24 heavy (non-hydrogen) atoms. The maximum absolute atomic E-state index is 4.88. The van der Waals surface area contributed by atoms with Crippen LogP contribution in [0.4, 0.5) is 5.69 Å². The topological polar surface area (TPSA) is 40.5 Å². The maximum Gasteiger partial charge on any atom is 0.138 e. The van der Waals surface area contributed by atoms with E-state index in [1.54, 1.807) is 0 Å². The van der Waals surface area contributed by atoms with Gasteiger partial charge in [-0.25, -0.2) is 0 Å². The van der Waals surface area contributed by atoms with Crippen LogP contribution in [0.2, 0.25) is 0 Å². The summed E-state index contributed by atoms with van der Waals surface area (Å²) < 4.78 is 0. The fourth-order valence-electron chi connectivity index (χ4n) is 4.25. The summed E-state index contributed by atoms with van der Waals surface area (Å²) in [6.45, 7) is 8.41. The van der Waals surface area contributed by atoms with Crippen molar-refractivity contribution in [3.8, 4) is 0 Å². The number of benzene rings is 1. The molecule has 124 valence electrons. The van der Waals surface area contributed by atoms with Crippen LogP contribution in [0.15, 0.2) is 41.7 Å². The molecule has 0 radical (unpaired) electrons. The predicted molar refractivity (Wildman–Crippen MR) is 98.5 cm³/mol. The molecule has 0 spiro atoms. The van der Waals surface area contributed by atoms with Gasteiger partial charge in [0.25, 0.3) is 0 Å². The Kier molecular flexibility index (Phi) is 3.56. The molecule has 0 amide bonds. The van der Waals surface area contributed by atoms with Crippen LogP contribution < -0.4 is 5.32 Å². The van der Waals surface area contributed by atoms with Crippen LogP contribution in [-0.2, 0) is 5.66 Å². The lowest BCUT2D eigenvalue weighted by molar-refractivity contribution is 0.200. The second kappa shape index (κ2) is 5.62. The lowest BCUT2D eigenvalue weighted by Gasteiger charge is -2.49. The number of hydrogen-bond acceptors (Lipinski definition) is 4. The van der Waals surface area contributed by atoms with Crippen LogP contribution in [-0.4, -0.2) is 28.8 Å². The number of hydrogen-bond donors (Lipinski definition) is 1. The summed E-state index contributed by atoms with van der Waals surface area (Å²) >= 11 is 0. The number of rotatable bonds is 3. The highest BCUT2D eigenvalue weighted by Gasteiger charge is 2.46. The number of amidine groups is 1. The summed E-state index contributed by atoms with van der Waals surface area (Å²) in [5, 5.41) is 3.90. The zero-order valence-corrected chi connectivity index (χ0v) is 14.6. The molecule has 2 aromatic rings. The number of aromatic nitrogens is 1. The van der Waals surface area contributed by atoms with Gasteiger partial charge in [0.15, 0.2) is 0 Å². The average molecular weight is 320 g/mol. The Balaban J connectivity index is 1.95. The molecule has 4 nitrogen and oxygen atoms in total. The first-order chi connectivity index (χ1) is 11.7. The van der Waals surface area contributed by atoms with Gasteiger partial charge in [-0.2, -0.15) is 0 Å². The van der Waals surface area contributed by atoms with Gasteiger partial charge in [-0.1, -0.05) is 19.4 Å².